The minimum absolute atomic E-state index is 0.319. The molecule has 1 aliphatic carbocycles. The average Bonchev–Trinajstić information content (AvgIpc) is 2.45. The van der Waals surface area contributed by atoms with E-state index in [-0.39, 0.29) is 0 Å². The largest absolute Gasteiger partial charge is 0.373 e. The van der Waals surface area contributed by atoms with E-state index >= 15 is 0 Å². The lowest BCUT2D eigenvalue weighted by molar-refractivity contribution is 0.0123. The van der Waals surface area contributed by atoms with Gasteiger partial charge in [0.1, 0.15) is 0 Å². The van der Waals surface area contributed by atoms with E-state index in [2.05, 4.69) is 29.2 Å². The number of ether oxygens (including phenoxy) is 1. The lowest BCUT2D eigenvalue weighted by atomic mass is 9.93. The molecule has 0 saturated heterocycles. The predicted octanol–water partition coefficient (Wildman–Crippen LogP) is 3.02. The molecule has 100 valence electrons. The second kappa shape index (κ2) is 5.68. The molecule has 2 aromatic rings. The molecule has 0 amide bonds. The predicted molar refractivity (Wildman–Crippen MR) is 76.8 cm³/mol. The normalized spacial score (nSPS) is 23.6. The smallest absolute Gasteiger partial charge is 0.0720 e. The molecule has 2 atom stereocenters. The summed E-state index contributed by atoms with van der Waals surface area (Å²) in [5.74, 6) is 0. The van der Waals surface area contributed by atoms with Gasteiger partial charge in [0, 0.05) is 17.6 Å². The fourth-order valence-corrected chi connectivity index (χ4v) is 2.76. The van der Waals surface area contributed by atoms with Gasteiger partial charge in [-0.1, -0.05) is 12.1 Å². The van der Waals surface area contributed by atoms with Gasteiger partial charge < -0.3 is 10.5 Å². The summed E-state index contributed by atoms with van der Waals surface area (Å²) in [6, 6.07) is 10.7. The minimum Gasteiger partial charge on any atom is -0.373 e. The number of benzene rings is 1. The molecular formula is C16H20N2O. The van der Waals surface area contributed by atoms with Crippen LogP contribution in [-0.2, 0) is 11.3 Å². The highest BCUT2D eigenvalue weighted by Gasteiger charge is 2.19. The Bertz CT molecular complexity index is 555. The van der Waals surface area contributed by atoms with E-state index in [1.165, 1.54) is 17.4 Å². The molecule has 1 aromatic carbocycles. The summed E-state index contributed by atoms with van der Waals surface area (Å²) in [5.41, 5.74) is 8.22. The van der Waals surface area contributed by atoms with Crippen molar-refractivity contribution in [2.24, 2.45) is 5.73 Å². The maximum Gasteiger partial charge on any atom is 0.0720 e. The van der Waals surface area contributed by atoms with Gasteiger partial charge in [0.15, 0.2) is 0 Å². The van der Waals surface area contributed by atoms with Crippen LogP contribution in [0.4, 0.5) is 0 Å². The SMILES string of the molecule is NC1CCCC(OCc2ccc3ncccc3c2)C1. The van der Waals surface area contributed by atoms with Crippen molar-refractivity contribution in [2.75, 3.05) is 0 Å². The summed E-state index contributed by atoms with van der Waals surface area (Å²) in [7, 11) is 0. The third-order valence-electron chi connectivity index (χ3n) is 3.82. The molecule has 19 heavy (non-hydrogen) atoms. The molecule has 1 fully saturated rings. The monoisotopic (exact) mass is 256 g/mol. The maximum absolute atomic E-state index is 5.99. The fourth-order valence-electron chi connectivity index (χ4n) is 2.76. The van der Waals surface area contributed by atoms with Crippen LogP contribution in [0.3, 0.4) is 0 Å². The zero-order valence-corrected chi connectivity index (χ0v) is 11.1. The number of hydrogen-bond donors (Lipinski definition) is 1. The zero-order valence-electron chi connectivity index (χ0n) is 11.1. The van der Waals surface area contributed by atoms with Crippen molar-refractivity contribution in [1.82, 2.24) is 4.98 Å². The summed E-state index contributed by atoms with van der Waals surface area (Å²) in [6.45, 7) is 0.669. The van der Waals surface area contributed by atoms with Gasteiger partial charge in [-0.25, -0.2) is 0 Å². The molecule has 0 bridgehead atoms. The van der Waals surface area contributed by atoms with E-state index in [9.17, 15) is 0 Å². The van der Waals surface area contributed by atoms with Crippen molar-refractivity contribution < 1.29 is 4.74 Å². The molecule has 3 nitrogen and oxygen atoms in total. The summed E-state index contributed by atoms with van der Waals surface area (Å²) in [4.78, 5) is 4.32. The second-order valence-corrected chi connectivity index (χ2v) is 5.39. The van der Waals surface area contributed by atoms with Crippen molar-refractivity contribution in [3.05, 3.63) is 42.1 Å². The first kappa shape index (κ1) is 12.6. The topological polar surface area (TPSA) is 48.1 Å². The van der Waals surface area contributed by atoms with Gasteiger partial charge in [-0.3, -0.25) is 4.98 Å². The van der Waals surface area contributed by atoms with E-state index in [0.717, 1.165) is 24.8 Å². The van der Waals surface area contributed by atoms with E-state index in [4.69, 9.17) is 10.5 Å². The molecule has 0 spiro atoms. The average molecular weight is 256 g/mol. The van der Waals surface area contributed by atoms with E-state index < -0.39 is 0 Å². The fraction of sp³-hybridized carbons (Fsp3) is 0.438. The Hall–Kier alpha value is -1.45. The third kappa shape index (κ3) is 3.11. The van der Waals surface area contributed by atoms with Crippen molar-refractivity contribution in [3.63, 3.8) is 0 Å². The van der Waals surface area contributed by atoms with Crippen LogP contribution >= 0.6 is 0 Å². The standard InChI is InChI=1S/C16H20N2O/c17-14-4-1-5-15(10-14)19-11-12-6-7-16-13(9-12)3-2-8-18-16/h2-3,6-9,14-15H,1,4-5,10-11,17H2. The number of nitrogens with zero attached hydrogens (tertiary/aromatic N) is 1. The van der Waals surface area contributed by atoms with Crippen molar-refractivity contribution in [1.29, 1.82) is 0 Å². The van der Waals surface area contributed by atoms with Crippen LogP contribution in [0.5, 0.6) is 0 Å². The second-order valence-electron chi connectivity index (χ2n) is 5.39. The Morgan fingerprint density at radius 3 is 3.11 bits per heavy atom. The number of pyridine rings is 1. The molecule has 1 saturated carbocycles. The van der Waals surface area contributed by atoms with Crippen molar-refractivity contribution in [3.8, 4) is 0 Å². The van der Waals surface area contributed by atoms with E-state index in [1.54, 1.807) is 0 Å². The zero-order chi connectivity index (χ0) is 13.1. The van der Waals surface area contributed by atoms with Gasteiger partial charge in [0.2, 0.25) is 0 Å². The molecule has 3 heteroatoms. The lowest BCUT2D eigenvalue weighted by Gasteiger charge is -2.26. The molecule has 1 heterocycles. The highest BCUT2D eigenvalue weighted by Crippen LogP contribution is 2.21. The number of hydrogen-bond acceptors (Lipinski definition) is 3. The van der Waals surface area contributed by atoms with Crippen LogP contribution in [0.2, 0.25) is 0 Å². The van der Waals surface area contributed by atoms with Crippen LogP contribution < -0.4 is 5.73 Å². The molecular weight excluding hydrogens is 236 g/mol. The van der Waals surface area contributed by atoms with Crippen LogP contribution in [-0.4, -0.2) is 17.1 Å². The summed E-state index contributed by atoms with van der Waals surface area (Å²) in [5, 5.41) is 1.17. The highest BCUT2D eigenvalue weighted by atomic mass is 16.5. The Morgan fingerprint density at radius 1 is 1.26 bits per heavy atom. The third-order valence-corrected chi connectivity index (χ3v) is 3.82. The van der Waals surface area contributed by atoms with E-state index in [0.29, 0.717) is 18.8 Å². The van der Waals surface area contributed by atoms with Crippen LogP contribution in [0.15, 0.2) is 36.5 Å². The number of aromatic nitrogens is 1. The molecule has 0 aliphatic heterocycles. The Morgan fingerprint density at radius 2 is 2.21 bits per heavy atom. The van der Waals surface area contributed by atoms with Gasteiger partial charge in [-0.15, -0.1) is 0 Å². The van der Waals surface area contributed by atoms with Crippen LogP contribution in [0.25, 0.3) is 10.9 Å². The molecule has 2 N–H and O–H groups in total. The Labute approximate surface area is 113 Å². The summed E-state index contributed by atoms with van der Waals surface area (Å²) < 4.78 is 5.99. The maximum atomic E-state index is 5.99. The Balaban J connectivity index is 1.64. The summed E-state index contributed by atoms with van der Waals surface area (Å²) in [6.07, 6.45) is 6.61. The van der Waals surface area contributed by atoms with Gasteiger partial charge in [-0.2, -0.15) is 0 Å². The molecule has 0 radical (unpaired) electrons. The number of rotatable bonds is 3. The number of fused-ring (bicyclic) bond motifs is 1. The highest BCUT2D eigenvalue weighted by molar-refractivity contribution is 5.78. The van der Waals surface area contributed by atoms with Crippen molar-refractivity contribution >= 4 is 10.9 Å². The Kier molecular flexibility index (Phi) is 3.76. The minimum atomic E-state index is 0.319. The van der Waals surface area contributed by atoms with E-state index in [1.807, 2.05) is 12.3 Å². The molecule has 3 rings (SSSR count). The van der Waals surface area contributed by atoms with Gasteiger partial charge in [0.05, 0.1) is 18.2 Å². The first-order valence-corrected chi connectivity index (χ1v) is 7.02. The number of nitrogens with two attached hydrogens (primary N) is 1. The first-order valence-electron chi connectivity index (χ1n) is 7.02. The first-order chi connectivity index (χ1) is 9.31. The quantitative estimate of drug-likeness (QED) is 0.918. The van der Waals surface area contributed by atoms with Crippen molar-refractivity contribution in [2.45, 2.75) is 44.4 Å². The molecule has 1 aromatic heterocycles. The van der Waals surface area contributed by atoms with Crippen LogP contribution in [0, 0.1) is 0 Å². The summed E-state index contributed by atoms with van der Waals surface area (Å²) >= 11 is 0. The van der Waals surface area contributed by atoms with Gasteiger partial charge in [-0.05, 0) is 49.4 Å². The van der Waals surface area contributed by atoms with Gasteiger partial charge in [0.25, 0.3) is 0 Å². The molecule has 2 unspecified atom stereocenters. The molecule has 1 aliphatic rings. The van der Waals surface area contributed by atoms with Gasteiger partial charge >= 0.3 is 0 Å². The van der Waals surface area contributed by atoms with Crippen LogP contribution in [0.1, 0.15) is 31.2 Å². The lowest BCUT2D eigenvalue weighted by Crippen LogP contribution is -2.32.